The largest absolute Gasteiger partial charge is 0.351 e. The normalized spacial score (nSPS) is 11.2. The maximum absolute atomic E-state index is 13.1. The van der Waals surface area contributed by atoms with Crippen molar-refractivity contribution in [2.75, 3.05) is 5.32 Å². The molecule has 0 aliphatic rings. The van der Waals surface area contributed by atoms with Crippen LogP contribution in [0, 0.1) is 6.92 Å². The van der Waals surface area contributed by atoms with E-state index in [9.17, 15) is 9.59 Å². The van der Waals surface area contributed by atoms with E-state index in [-0.39, 0.29) is 12.5 Å². The highest BCUT2D eigenvalue weighted by atomic mass is 16.2. The van der Waals surface area contributed by atoms with Crippen molar-refractivity contribution in [1.82, 2.24) is 28.7 Å². The van der Waals surface area contributed by atoms with E-state index in [1.807, 2.05) is 49.4 Å². The van der Waals surface area contributed by atoms with Crippen molar-refractivity contribution in [1.29, 1.82) is 0 Å². The van der Waals surface area contributed by atoms with Gasteiger partial charge in [-0.3, -0.25) is 9.36 Å². The third kappa shape index (κ3) is 3.02. The number of para-hydroxylation sites is 2. The zero-order valence-electron chi connectivity index (χ0n) is 16.1. The van der Waals surface area contributed by atoms with Crippen molar-refractivity contribution >= 4 is 28.3 Å². The van der Waals surface area contributed by atoms with Gasteiger partial charge in [0.1, 0.15) is 12.9 Å². The highest BCUT2D eigenvalue weighted by Crippen LogP contribution is 2.18. The number of fused-ring (bicyclic) bond motifs is 3. The molecule has 1 N–H and O–H groups in total. The van der Waals surface area contributed by atoms with Gasteiger partial charge in [-0.2, -0.15) is 0 Å². The van der Waals surface area contributed by atoms with Gasteiger partial charge in [-0.05, 0) is 31.2 Å². The predicted molar refractivity (Wildman–Crippen MR) is 112 cm³/mol. The molecular formula is C21H17N7O2. The summed E-state index contributed by atoms with van der Waals surface area (Å²) in [7, 11) is 0. The number of aromatic nitrogens is 6. The van der Waals surface area contributed by atoms with Crippen LogP contribution in [0.2, 0.25) is 0 Å². The second-order valence-corrected chi connectivity index (χ2v) is 6.91. The first-order chi connectivity index (χ1) is 14.6. The molecule has 5 aromatic rings. The molecular weight excluding hydrogens is 382 g/mol. The molecule has 0 aliphatic carbocycles. The summed E-state index contributed by atoms with van der Waals surface area (Å²) in [6.45, 7) is 1.75. The van der Waals surface area contributed by atoms with Crippen LogP contribution in [-0.2, 0) is 11.3 Å². The van der Waals surface area contributed by atoms with Gasteiger partial charge in [0.25, 0.3) is 0 Å². The molecule has 0 saturated heterocycles. The quantitative estimate of drug-likeness (QED) is 0.499. The standard InChI is InChI=1S/C21H17N7O2/c1-14-6-8-15(9-7-14)23-18(29)12-27-21(30)28-17-5-3-2-4-16(17)24-19(20(28)25-27)26-11-10-22-13-26/h2-11,13H,12H2,1H3,(H,23,29). The van der Waals surface area contributed by atoms with Crippen molar-refractivity contribution in [3.63, 3.8) is 0 Å². The maximum Gasteiger partial charge on any atom is 0.351 e. The summed E-state index contributed by atoms with van der Waals surface area (Å²) in [4.78, 5) is 34.3. The summed E-state index contributed by atoms with van der Waals surface area (Å²) >= 11 is 0. The average Bonchev–Trinajstić information content (AvgIpc) is 3.38. The Labute approximate surface area is 170 Å². The van der Waals surface area contributed by atoms with E-state index < -0.39 is 5.69 Å². The average molecular weight is 399 g/mol. The van der Waals surface area contributed by atoms with Crippen LogP contribution in [0.5, 0.6) is 0 Å². The van der Waals surface area contributed by atoms with E-state index >= 15 is 0 Å². The molecule has 0 fully saturated rings. The fraction of sp³-hybridized carbons (Fsp3) is 0.0952. The third-order valence-corrected chi connectivity index (χ3v) is 4.77. The first-order valence-electron chi connectivity index (χ1n) is 9.33. The molecule has 3 aromatic heterocycles. The molecule has 0 unspecified atom stereocenters. The zero-order valence-corrected chi connectivity index (χ0v) is 16.1. The molecule has 0 spiro atoms. The Morgan fingerprint density at radius 3 is 2.67 bits per heavy atom. The van der Waals surface area contributed by atoms with Gasteiger partial charge in [0.15, 0.2) is 5.82 Å². The summed E-state index contributed by atoms with van der Waals surface area (Å²) in [5, 5.41) is 7.20. The van der Waals surface area contributed by atoms with Crippen LogP contribution in [0.4, 0.5) is 5.69 Å². The van der Waals surface area contributed by atoms with Crippen LogP contribution in [-0.4, -0.2) is 34.6 Å². The molecule has 5 rings (SSSR count). The number of carbonyl (C=O) groups excluding carboxylic acids is 1. The van der Waals surface area contributed by atoms with Crippen LogP contribution in [0.25, 0.3) is 22.5 Å². The third-order valence-electron chi connectivity index (χ3n) is 4.77. The molecule has 2 aromatic carbocycles. The number of nitrogens with zero attached hydrogens (tertiary/aromatic N) is 6. The number of imidazole rings is 1. The molecule has 1 amide bonds. The van der Waals surface area contributed by atoms with Gasteiger partial charge in [0.05, 0.1) is 11.0 Å². The summed E-state index contributed by atoms with van der Waals surface area (Å²) in [5.41, 5.74) is 2.94. The number of rotatable bonds is 4. The lowest BCUT2D eigenvalue weighted by Crippen LogP contribution is -2.28. The van der Waals surface area contributed by atoms with Gasteiger partial charge in [-0.15, -0.1) is 5.10 Å². The van der Waals surface area contributed by atoms with Gasteiger partial charge in [-0.1, -0.05) is 29.8 Å². The number of hydrogen-bond donors (Lipinski definition) is 1. The first-order valence-corrected chi connectivity index (χ1v) is 9.33. The Bertz CT molecular complexity index is 1430. The fourth-order valence-corrected chi connectivity index (χ4v) is 3.32. The molecule has 9 nitrogen and oxygen atoms in total. The lowest BCUT2D eigenvalue weighted by molar-refractivity contribution is -0.117. The Kier molecular flexibility index (Phi) is 4.13. The minimum atomic E-state index is -0.413. The lowest BCUT2D eigenvalue weighted by Gasteiger charge is -2.05. The summed E-state index contributed by atoms with van der Waals surface area (Å²) in [6, 6.07) is 14.7. The van der Waals surface area contributed by atoms with E-state index in [4.69, 9.17) is 0 Å². The second-order valence-electron chi connectivity index (χ2n) is 6.91. The van der Waals surface area contributed by atoms with E-state index in [1.165, 1.54) is 4.40 Å². The number of benzene rings is 2. The lowest BCUT2D eigenvalue weighted by atomic mass is 10.2. The highest BCUT2D eigenvalue weighted by molar-refractivity contribution is 5.90. The second kappa shape index (κ2) is 6.96. The van der Waals surface area contributed by atoms with Gasteiger partial charge in [-0.25, -0.2) is 23.8 Å². The van der Waals surface area contributed by atoms with Crippen molar-refractivity contribution in [3.8, 4) is 5.82 Å². The van der Waals surface area contributed by atoms with Crippen molar-refractivity contribution < 1.29 is 4.79 Å². The fourth-order valence-electron chi connectivity index (χ4n) is 3.32. The number of nitrogens with one attached hydrogen (secondary N) is 1. The SMILES string of the molecule is Cc1ccc(NC(=O)Cn2nc3c(-n4ccnc4)nc4ccccc4n3c2=O)cc1. The first kappa shape index (κ1) is 17.8. The van der Waals surface area contributed by atoms with Gasteiger partial charge < -0.3 is 5.32 Å². The summed E-state index contributed by atoms with van der Waals surface area (Å²) in [5.74, 6) is 0.117. The molecule has 148 valence electrons. The van der Waals surface area contributed by atoms with Crippen LogP contribution < -0.4 is 11.0 Å². The predicted octanol–water partition coefficient (Wildman–Crippen LogP) is 2.18. The Morgan fingerprint density at radius 2 is 1.90 bits per heavy atom. The molecule has 0 saturated carbocycles. The van der Waals surface area contributed by atoms with Crippen molar-refractivity contribution in [2.24, 2.45) is 0 Å². The van der Waals surface area contributed by atoms with E-state index in [1.54, 1.807) is 29.4 Å². The summed E-state index contributed by atoms with van der Waals surface area (Å²) in [6.07, 6.45) is 4.94. The van der Waals surface area contributed by atoms with Crippen LogP contribution in [0.1, 0.15) is 5.56 Å². The Morgan fingerprint density at radius 1 is 1.10 bits per heavy atom. The van der Waals surface area contributed by atoms with Gasteiger partial charge in [0, 0.05) is 18.1 Å². The van der Waals surface area contributed by atoms with E-state index in [0.29, 0.717) is 28.2 Å². The van der Waals surface area contributed by atoms with E-state index in [2.05, 4.69) is 20.4 Å². The number of anilines is 1. The van der Waals surface area contributed by atoms with Crippen LogP contribution >= 0.6 is 0 Å². The topological polar surface area (TPSA) is 99.1 Å². The highest BCUT2D eigenvalue weighted by Gasteiger charge is 2.18. The summed E-state index contributed by atoms with van der Waals surface area (Å²) < 4.78 is 4.30. The molecule has 30 heavy (non-hydrogen) atoms. The molecule has 0 radical (unpaired) electrons. The molecule has 0 aliphatic heterocycles. The molecule has 0 bridgehead atoms. The molecule has 0 atom stereocenters. The van der Waals surface area contributed by atoms with Gasteiger partial charge >= 0.3 is 5.69 Å². The zero-order chi connectivity index (χ0) is 20.7. The number of carbonyl (C=O) groups is 1. The van der Waals surface area contributed by atoms with Crippen molar-refractivity contribution in [2.45, 2.75) is 13.5 Å². The monoisotopic (exact) mass is 399 g/mol. The molecule has 9 heteroatoms. The number of hydrogen-bond acceptors (Lipinski definition) is 5. The van der Waals surface area contributed by atoms with Crippen LogP contribution in [0.15, 0.2) is 72.0 Å². The van der Waals surface area contributed by atoms with Gasteiger partial charge in [0.2, 0.25) is 11.6 Å². The Hall–Kier alpha value is -4.27. The smallest absolute Gasteiger partial charge is 0.324 e. The van der Waals surface area contributed by atoms with Crippen LogP contribution in [0.3, 0.4) is 0 Å². The molecule has 3 heterocycles. The Balaban J connectivity index is 1.60. The minimum Gasteiger partial charge on any atom is -0.324 e. The van der Waals surface area contributed by atoms with Crippen molar-refractivity contribution in [3.05, 3.63) is 83.3 Å². The minimum absolute atomic E-state index is 0.216. The number of aryl methyl sites for hydroxylation is 1. The van der Waals surface area contributed by atoms with E-state index in [0.717, 1.165) is 10.2 Å². The maximum atomic E-state index is 13.1. The number of amides is 1.